The number of methoxy groups -OCH3 is 1. The highest BCUT2D eigenvalue weighted by atomic mass is 16.5. The van der Waals surface area contributed by atoms with Crippen LogP contribution in [-0.4, -0.2) is 28.3 Å². The molecule has 1 aromatic heterocycles. The number of hydrogen-bond acceptors (Lipinski definition) is 4. The molecule has 0 aliphatic carbocycles. The minimum atomic E-state index is -1.20. The molecule has 98 valence electrons. The average Bonchev–Trinajstić information content (AvgIpc) is 2.39. The quantitative estimate of drug-likeness (QED) is 0.885. The zero-order valence-electron chi connectivity index (χ0n) is 10.5. The van der Waals surface area contributed by atoms with Crippen molar-refractivity contribution in [3.05, 3.63) is 41.6 Å². The molecule has 0 aliphatic rings. The Morgan fingerprint density at radius 1 is 1.32 bits per heavy atom. The minimum absolute atomic E-state index is 0.187. The van der Waals surface area contributed by atoms with Gasteiger partial charge in [0.25, 0.3) is 0 Å². The van der Waals surface area contributed by atoms with Crippen LogP contribution in [0.4, 0.5) is 0 Å². The van der Waals surface area contributed by atoms with E-state index >= 15 is 0 Å². The summed E-state index contributed by atoms with van der Waals surface area (Å²) in [4.78, 5) is 15.1. The molecule has 0 bridgehead atoms. The summed E-state index contributed by atoms with van der Waals surface area (Å²) >= 11 is 0. The number of rotatable bonds is 3. The van der Waals surface area contributed by atoms with Gasteiger partial charge in [0.05, 0.1) is 19.0 Å². The van der Waals surface area contributed by atoms with Crippen LogP contribution in [0.1, 0.15) is 15.9 Å². The highest BCUT2D eigenvalue weighted by molar-refractivity contribution is 5.92. The molecule has 19 heavy (non-hydrogen) atoms. The number of aromatic nitrogens is 1. The van der Waals surface area contributed by atoms with Gasteiger partial charge in [-0.05, 0) is 25.1 Å². The molecule has 0 saturated heterocycles. The first kappa shape index (κ1) is 12.9. The van der Waals surface area contributed by atoms with Crippen molar-refractivity contribution >= 4 is 5.97 Å². The lowest BCUT2D eigenvalue weighted by molar-refractivity contribution is 0.0693. The average molecular weight is 259 g/mol. The summed E-state index contributed by atoms with van der Waals surface area (Å²) in [6, 6.07) is 6.86. The van der Waals surface area contributed by atoms with E-state index in [-0.39, 0.29) is 11.3 Å². The summed E-state index contributed by atoms with van der Waals surface area (Å²) in [5.41, 5.74) is 1.94. The normalized spacial score (nSPS) is 10.2. The first-order valence-electron chi connectivity index (χ1n) is 5.60. The van der Waals surface area contributed by atoms with Gasteiger partial charge in [0.2, 0.25) is 0 Å². The Kier molecular flexibility index (Phi) is 3.37. The highest BCUT2D eigenvalue weighted by Crippen LogP contribution is 2.31. The summed E-state index contributed by atoms with van der Waals surface area (Å²) in [6.07, 6.45) is 1.13. The maximum atomic E-state index is 11.0. The van der Waals surface area contributed by atoms with Gasteiger partial charge < -0.3 is 14.9 Å². The van der Waals surface area contributed by atoms with Gasteiger partial charge in [0.1, 0.15) is 17.1 Å². The second kappa shape index (κ2) is 4.97. The smallest absolute Gasteiger partial charge is 0.339 e. The zero-order valence-corrected chi connectivity index (χ0v) is 10.5. The van der Waals surface area contributed by atoms with Gasteiger partial charge in [-0.1, -0.05) is 11.6 Å². The fraction of sp³-hybridized carbons (Fsp3) is 0.143. The van der Waals surface area contributed by atoms with Crippen LogP contribution in [0.15, 0.2) is 30.5 Å². The van der Waals surface area contributed by atoms with Crippen molar-refractivity contribution < 1.29 is 19.7 Å². The van der Waals surface area contributed by atoms with Crippen molar-refractivity contribution in [1.82, 2.24) is 4.98 Å². The van der Waals surface area contributed by atoms with Gasteiger partial charge in [-0.15, -0.1) is 0 Å². The number of carbonyl (C=O) groups is 1. The number of benzene rings is 1. The van der Waals surface area contributed by atoms with E-state index in [0.29, 0.717) is 17.0 Å². The van der Waals surface area contributed by atoms with Gasteiger partial charge in [-0.3, -0.25) is 4.98 Å². The number of ether oxygens (including phenoxy) is 1. The number of aromatic carboxylic acids is 1. The standard InChI is InChI=1S/C14H13NO4/c1-8-3-4-13(19-2)9(5-8)11-6-10(14(17)18)12(16)7-15-11/h3-7,16H,1-2H3,(H,17,18). The molecule has 0 saturated carbocycles. The molecule has 5 nitrogen and oxygen atoms in total. The molecule has 2 rings (SSSR count). The van der Waals surface area contributed by atoms with Crippen molar-refractivity contribution in [3.63, 3.8) is 0 Å². The Hall–Kier alpha value is -2.56. The number of carboxylic acids is 1. The van der Waals surface area contributed by atoms with E-state index in [9.17, 15) is 9.90 Å². The molecule has 0 aliphatic heterocycles. The summed E-state index contributed by atoms with van der Waals surface area (Å²) < 4.78 is 5.24. The predicted molar refractivity (Wildman–Crippen MR) is 69.6 cm³/mol. The van der Waals surface area contributed by atoms with Gasteiger partial charge in [0.15, 0.2) is 0 Å². The van der Waals surface area contributed by atoms with Gasteiger partial charge in [-0.25, -0.2) is 4.79 Å². The topological polar surface area (TPSA) is 79.7 Å². The molecule has 2 aromatic rings. The van der Waals surface area contributed by atoms with Crippen molar-refractivity contribution in [2.24, 2.45) is 0 Å². The Labute approximate surface area is 110 Å². The van der Waals surface area contributed by atoms with Crippen LogP contribution in [0.25, 0.3) is 11.3 Å². The predicted octanol–water partition coefficient (Wildman–Crippen LogP) is 2.47. The largest absolute Gasteiger partial charge is 0.505 e. The Morgan fingerprint density at radius 3 is 2.68 bits per heavy atom. The van der Waals surface area contributed by atoms with Gasteiger partial charge in [0, 0.05) is 5.56 Å². The van der Waals surface area contributed by atoms with E-state index in [1.54, 1.807) is 6.07 Å². The second-order valence-electron chi connectivity index (χ2n) is 4.10. The summed E-state index contributed by atoms with van der Waals surface area (Å²) in [7, 11) is 1.53. The highest BCUT2D eigenvalue weighted by Gasteiger charge is 2.14. The Balaban J connectivity index is 2.62. The summed E-state index contributed by atoms with van der Waals surface area (Å²) in [6.45, 7) is 1.92. The van der Waals surface area contributed by atoms with Crippen LogP contribution in [-0.2, 0) is 0 Å². The second-order valence-corrected chi connectivity index (χ2v) is 4.10. The maximum absolute atomic E-state index is 11.0. The molecule has 0 unspecified atom stereocenters. The molecule has 2 N–H and O–H groups in total. The van der Waals surface area contributed by atoms with Crippen LogP contribution in [0.3, 0.4) is 0 Å². The molecular formula is C14H13NO4. The summed E-state index contributed by atoms with van der Waals surface area (Å²) in [5, 5.41) is 18.5. The number of pyridine rings is 1. The number of aryl methyl sites for hydroxylation is 1. The Bertz CT molecular complexity index is 637. The molecule has 1 aromatic carbocycles. The van der Waals surface area contributed by atoms with Gasteiger partial charge in [-0.2, -0.15) is 0 Å². The van der Waals surface area contributed by atoms with Crippen molar-refractivity contribution in [1.29, 1.82) is 0 Å². The number of hydrogen-bond donors (Lipinski definition) is 2. The van der Waals surface area contributed by atoms with Crippen molar-refractivity contribution in [2.45, 2.75) is 6.92 Å². The fourth-order valence-corrected chi connectivity index (χ4v) is 1.79. The van der Waals surface area contributed by atoms with Crippen LogP contribution in [0.5, 0.6) is 11.5 Å². The van der Waals surface area contributed by atoms with Crippen molar-refractivity contribution in [2.75, 3.05) is 7.11 Å². The fourth-order valence-electron chi connectivity index (χ4n) is 1.79. The molecular weight excluding hydrogens is 246 g/mol. The van der Waals surface area contributed by atoms with Crippen LogP contribution in [0.2, 0.25) is 0 Å². The van der Waals surface area contributed by atoms with Crippen LogP contribution < -0.4 is 4.74 Å². The number of nitrogens with zero attached hydrogens (tertiary/aromatic N) is 1. The maximum Gasteiger partial charge on any atom is 0.339 e. The molecule has 5 heteroatoms. The SMILES string of the molecule is COc1ccc(C)cc1-c1cc(C(=O)O)c(O)cn1. The first-order valence-corrected chi connectivity index (χ1v) is 5.60. The number of aromatic hydroxyl groups is 1. The first-order chi connectivity index (χ1) is 9.02. The summed E-state index contributed by atoms with van der Waals surface area (Å²) in [5.74, 6) is -0.962. The zero-order chi connectivity index (χ0) is 14.0. The third-order valence-corrected chi connectivity index (χ3v) is 2.74. The van der Waals surface area contributed by atoms with E-state index in [1.807, 2.05) is 19.1 Å². The third kappa shape index (κ3) is 2.49. The lowest BCUT2D eigenvalue weighted by atomic mass is 10.0. The van der Waals surface area contributed by atoms with Crippen molar-refractivity contribution in [3.8, 4) is 22.8 Å². The lowest BCUT2D eigenvalue weighted by Gasteiger charge is -2.10. The molecule has 0 amide bonds. The van der Waals surface area contributed by atoms with E-state index < -0.39 is 5.97 Å². The minimum Gasteiger partial charge on any atom is -0.505 e. The number of carboxylic acid groups (broad SMARTS) is 1. The van der Waals surface area contributed by atoms with E-state index in [4.69, 9.17) is 9.84 Å². The third-order valence-electron chi connectivity index (χ3n) is 2.74. The van der Waals surface area contributed by atoms with E-state index in [2.05, 4.69) is 4.98 Å². The molecule has 1 heterocycles. The van der Waals surface area contributed by atoms with Crippen LogP contribution >= 0.6 is 0 Å². The van der Waals surface area contributed by atoms with E-state index in [0.717, 1.165) is 11.8 Å². The van der Waals surface area contributed by atoms with Crippen LogP contribution in [0, 0.1) is 6.92 Å². The monoisotopic (exact) mass is 259 g/mol. The molecule has 0 radical (unpaired) electrons. The lowest BCUT2D eigenvalue weighted by Crippen LogP contribution is -1.99. The van der Waals surface area contributed by atoms with E-state index in [1.165, 1.54) is 13.2 Å². The molecule has 0 fully saturated rings. The Morgan fingerprint density at radius 2 is 2.05 bits per heavy atom. The van der Waals surface area contributed by atoms with Gasteiger partial charge >= 0.3 is 5.97 Å². The molecule has 0 atom stereocenters. The molecule has 0 spiro atoms.